The van der Waals surface area contributed by atoms with Crippen LogP contribution >= 0.6 is 0 Å². The van der Waals surface area contributed by atoms with Crippen molar-refractivity contribution in [3.63, 3.8) is 0 Å². The largest absolute Gasteiger partial charge is 0.569 e. The SMILES string of the molecule is Cc1ccc(-c2cc(C(F)(F)F)nn2-c2ccc(S(=O)(=O)NC(=O)OCCN(C(C)C)[N+]([O-])=NOC(C)OC(=O)C(C)(C)C)cc2)cc1. The Morgan fingerprint density at radius 2 is 1.67 bits per heavy atom. The first kappa shape index (κ1) is 37.6. The van der Waals surface area contributed by atoms with E-state index in [2.05, 4.69) is 10.4 Å². The van der Waals surface area contributed by atoms with E-state index in [1.54, 1.807) is 63.6 Å². The second-order valence-corrected chi connectivity index (χ2v) is 13.5. The minimum Gasteiger partial charge on any atom is -0.569 e. The van der Waals surface area contributed by atoms with E-state index < -0.39 is 58.3 Å². The number of aryl methyl sites for hydroxylation is 1. The second kappa shape index (κ2) is 14.9. The van der Waals surface area contributed by atoms with E-state index >= 15 is 0 Å². The van der Waals surface area contributed by atoms with E-state index in [9.17, 15) is 36.4 Å². The summed E-state index contributed by atoms with van der Waals surface area (Å²) in [5, 5.41) is 20.6. The maximum absolute atomic E-state index is 13.5. The fraction of sp³-hybridized carbons (Fsp3) is 0.433. The first-order chi connectivity index (χ1) is 22.2. The van der Waals surface area contributed by atoms with Gasteiger partial charge in [-0.05, 0) is 71.9 Å². The van der Waals surface area contributed by atoms with Gasteiger partial charge >= 0.3 is 18.2 Å². The van der Waals surface area contributed by atoms with Gasteiger partial charge in [-0.1, -0.05) is 29.8 Å². The van der Waals surface area contributed by atoms with Crippen molar-refractivity contribution in [2.45, 2.75) is 71.9 Å². The van der Waals surface area contributed by atoms with Crippen LogP contribution in [0.4, 0.5) is 18.0 Å². The first-order valence-electron chi connectivity index (χ1n) is 14.5. The molecule has 48 heavy (non-hydrogen) atoms. The third-order valence-corrected chi connectivity index (χ3v) is 7.80. The van der Waals surface area contributed by atoms with Gasteiger partial charge in [-0.2, -0.15) is 18.3 Å². The Balaban J connectivity index is 1.65. The van der Waals surface area contributed by atoms with Crippen LogP contribution in [0.15, 0.2) is 64.8 Å². The number of ether oxygens (including phenoxy) is 2. The number of carbonyl (C=O) groups excluding carboxylic acids is 2. The molecule has 1 atom stereocenters. The molecule has 0 radical (unpaired) electrons. The molecule has 1 aromatic heterocycles. The number of sulfonamides is 1. The van der Waals surface area contributed by atoms with E-state index in [1.165, 1.54) is 19.1 Å². The maximum Gasteiger partial charge on any atom is 0.435 e. The van der Waals surface area contributed by atoms with Gasteiger partial charge in [0.15, 0.2) is 5.69 Å². The molecule has 1 unspecified atom stereocenters. The summed E-state index contributed by atoms with van der Waals surface area (Å²) in [6, 6.07) is 11.8. The molecule has 14 nitrogen and oxygen atoms in total. The number of amides is 1. The van der Waals surface area contributed by atoms with Crippen LogP contribution in [0.3, 0.4) is 0 Å². The Bertz CT molecular complexity index is 1720. The number of nitrogens with one attached hydrogen (secondary N) is 1. The number of hydrazine groups is 1. The van der Waals surface area contributed by atoms with Gasteiger partial charge in [-0.3, -0.25) is 9.63 Å². The molecule has 0 saturated carbocycles. The van der Waals surface area contributed by atoms with Gasteiger partial charge in [0, 0.05) is 12.5 Å². The van der Waals surface area contributed by atoms with Crippen LogP contribution in [-0.4, -0.2) is 65.7 Å². The predicted octanol–water partition coefficient (Wildman–Crippen LogP) is 5.74. The lowest BCUT2D eigenvalue weighted by Gasteiger charge is -2.22. The number of aromatic nitrogens is 2. The molecule has 3 rings (SSSR count). The standard InChI is InChI=1S/C30H37F3N6O8S/c1-19(2)37(39(42)36-47-21(4)46-27(40)29(5,6)7)16-17-45-28(41)35-48(43,44)24-14-12-23(13-15-24)38-25(18-26(34-38)30(31,32)33)22-10-8-20(3)9-11-22/h8-15,18-19,21H,16-17H2,1-7H3,(H,35,41). The molecule has 262 valence electrons. The van der Waals surface area contributed by atoms with Crippen LogP contribution in [0.2, 0.25) is 0 Å². The van der Waals surface area contributed by atoms with Gasteiger partial charge < -0.3 is 14.7 Å². The van der Waals surface area contributed by atoms with Crippen LogP contribution in [0.1, 0.15) is 52.8 Å². The third-order valence-electron chi connectivity index (χ3n) is 6.48. The molecule has 0 aliphatic heterocycles. The Labute approximate surface area is 275 Å². The van der Waals surface area contributed by atoms with Crippen molar-refractivity contribution in [3.8, 4) is 16.9 Å². The molecule has 0 saturated heterocycles. The topological polar surface area (TPSA) is 167 Å². The predicted molar refractivity (Wildman–Crippen MR) is 164 cm³/mol. The summed E-state index contributed by atoms with van der Waals surface area (Å²) in [7, 11) is -4.47. The minimum atomic E-state index is -4.72. The zero-order chi connectivity index (χ0) is 36.0. The average Bonchev–Trinajstić information content (AvgIpc) is 3.44. The van der Waals surface area contributed by atoms with Gasteiger partial charge in [0.2, 0.25) is 5.28 Å². The molecule has 1 heterocycles. The van der Waals surface area contributed by atoms with Crippen LogP contribution in [0, 0.1) is 17.5 Å². The minimum absolute atomic E-state index is 0.0766. The second-order valence-electron chi connectivity index (χ2n) is 11.8. The van der Waals surface area contributed by atoms with E-state index in [-0.39, 0.29) is 27.8 Å². The number of nitrogens with zero attached hydrogens (tertiary/aromatic N) is 5. The third kappa shape index (κ3) is 10.1. The van der Waals surface area contributed by atoms with Gasteiger partial charge in [-0.25, -0.2) is 22.6 Å². The lowest BCUT2D eigenvalue weighted by molar-refractivity contribution is -0.719. The molecule has 3 aromatic rings. The number of hydrogen-bond donors (Lipinski definition) is 1. The highest BCUT2D eigenvalue weighted by Gasteiger charge is 2.35. The monoisotopic (exact) mass is 698 g/mol. The molecule has 0 aliphatic rings. The van der Waals surface area contributed by atoms with Crippen molar-refractivity contribution in [2.75, 3.05) is 13.2 Å². The number of halogens is 3. The van der Waals surface area contributed by atoms with E-state index in [0.29, 0.717) is 5.56 Å². The molecule has 0 spiro atoms. The van der Waals surface area contributed by atoms with Crippen molar-refractivity contribution in [1.29, 1.82) is 0 Å². The molecule has 1 amide bonds. The number of carbonyl (C=O) groups is 2. The lowest BCUT2D eigenvalue weighted by atomic mass is 9.97. The Morgan fingerprint density at radius 1 is 1.06 bits per heavy atom. The summed E-state index contributed by atoms with van der Waals surface area (Å²) in [4.78, 5) is 28.9. The van der Waals surface area contributed by atoms with Crippen molar-refractivity contribution in [1.82, 2.24) is 19.5 Å². The molecule has 0 fully saturated rings. The molecule has 2 aromatic carbocycles. The number of alkyl halides is 3. The van der Waals surface area contributed by atoms with Crippen LogP contribution < -0.4 is 4.72 Å². The lowest BCUT2D eigenvalue weighted by Crippen LogP contribution is -2.41. The molecule has 18 heteroatoms. The number of esters is 1. The quantitative estimate of drug-likeness (QED) is 0.0810. The Kier molecular flexibility index (Phi) is 11.7. The average molecular weight is 699 g/mol. The van der Waals surface area contributed by atoms with E-state index in [4.69, 9.17) is 14.3 Å². The highest BCUT2D eigenvalue weighted by molar-refractivity contribution is 7.90. The Hall–Kier alpha value is -4.87. The van der Waals surface area contributed by atoms with E-state index in [0.717, 1.165) is 33.5 Å². The van der Waals surface area contributed by atoms with Crippen molar-refractivity contribution in [2.24, 2.45) is 10.7 Å². The zero-order valence-corrected chi connectivity index (χ0v) is 28.1. The molecule has 0 aliphatic carbocycles. The number of benzene rings is 2. The van der Waals surface area contributed by atoms with Gasteiger partial charge in [0.1, 0.15) is 13.2 Å². The summed E-state index contributed by atoms with van der Waals surface area (Å²) in [6.45, 7) is 10.7. The summed E-state index contributed by atoms with van der Waals surface area (Å²) in [5.74, 6) is -0.571. The van der Waals surface area contributed by atoms with Gasteiger partial charge in [-0.15, -0.1) is 5.01 Å². The molecule has 1 N–H and O–H groups in total. The summed E-state index contributed by atoms with van der Waals surface area (Å²) in [5.41, 5.74) is -0.312. The first-order valence-corrected chi connectivity index (χ1v) is 16.0. The fourth-order valence-corrected chi connectivity index (χ4v) is 4.78. The highest BCUT2D eigenvalue weighted by atomic mass is 32.2. The van der Waals surface area contributed by atoms with Crippen molar-refractivity contribution in [3.05, 3.63) is 71.1 Å². The van der Waals surface area contributed by atoms with Gasteiger partial charge in [0.05, 0.1) is 32.7 Å². The Morgan fingerprint density at radius 3 is 2.21 bits per heavy atom. The molecule has 0 bridgehead atoms. The maximum atomic E-state index is 13.5. The summed E-state index contributed by atoms with van der Waals surface area (Å²) >= 11 is 0. The number of rotatable bonds is 12. The van der Waals surface area contributed by atoms with Crippen LogP contribution in [0.5, 0.6) is 0 Å². The van der Waals surface area contributed by atoms with E-state index in [1.807, 2.05) is 6.92 Å². The summed E-state index contributed by atoms with van der Waals surface area (Å²) < 4.78 is 79.0. The van der Waals surface area contributed by atoms with Crippen molar-refractivity contribution < 1.29 is 50.5 Å². The fourth-order valence-electron chi connectivity index (χ4n) is 3.89. The highest BCUT2D eigenvalue weighted by Crippen LogP contribution is 2.33. The van der Waals surface area contributed by atoms with Gasteiger partial charge in [0.25, 0.3) is 16.3 Å². The zero-order valence-electron chi connectivity index (χ0n) is 27.3. The molecular formula is C30H37F3N6O8S. The normalized spacial score (nSPS) is 13.2. The van der Waals surface area contributed by atoms with Crippen molar-refractivity contribution >= 4 is 22.1 Å². The van der Waals surface area contributed by atoms with Crippen LogP contribution in [0.25, 0.3) is 16.9 Å². The van der Waals surface area contributed by atoms with Crippen LogP contribution in [-0.2, 0) is 35.3 Å². The number of hydrogen-bond acceptors (Lipinski definition) is 10. The smallest absolute Gasteiger partial charge is 0.435 e. The summed E-state index contributed by atoms with van der Waals surface area (Å²) in [6.07, 6.45) is -7.24. The molecular weight excluding hydrogens is 661 g/mol.